The highest BCUT2D eigenvalue weighted by molar-refractivity contribution is 5.95. The molecule has 31 heavy (non-hydrogen) atoms. The van der Waals surface area contributed by atoms with Crippen molar-refractivity contribution >= 4 is 12.0 Å². The lowest BCUT2D eigenvalue weighted by atomic mass is 9.85. The quantitative estimate of drug-likeness (QED) is 0.727. The number of aromatic nitrogens is 3. The van der Waals surface area contributed by atoms with E-state index in [1.807, 2.05) is 31.9 Å². The highest BCUT2D eigenvalue weighted by Crippen LogP contribution is 2.44. The monoisotopic (exact) mass is 421 g/mol. The zero-order valence-corrected chi connectivity index (χ0v) is 19.5. The van der Waals surface area contributed by atoms with Gasteiger partial charge in [0, 0.05) is 25.0 Å². The van der Waals surface area contributed by atoms with E-state index >= 15 is 0 Å². The lowest BCUT2D eigenvalue weighted by Gasteiger charge is -2.24. The van der Waals surface area contributed by atoms with E-state index in [9.17, 15) is 4.79 Å². The minimum atomic E-state index is -0.506. The van der Waals surface area contributed by atoms with Gasteiger partial charge in [-0.3, -0.25) is 9.89 Å². The van der Waals surface area contributed by atoms with Crippen LogP contribution in [0.1, 0.15) is 57.7 Å². The minimum absolute atomic E-state index is 0.191. The van der Waals surface area contributed by atoms with Crippen LogP contribution < -0.4 is 0 Å². The number of aromatic amines is 2. The number of nitrogens with zero attached hydrogens (tertiary/aromatic N) is 3. The van der Waals surface area contributed by atoms with Gasteiger partial charge in [0.15, 0.2) is 0 Å². The van der Waals surface area contributed by atoms with Crippen molar-refractivity contribution in [2.24, 2.45) is 5.41 Å². The number of hydrogen-bond donors (Lipinski definition) is 2. The average molecular weight is 422 g/mol. The molecule has 0 aromatic carbocycles. The second-order valence-corrected chi connectivity index (χ2v) is 9.06. The molecule has 0 atom stereocenters. The molecule has 0 unspecified atom stereocenters. The van der Waals surface area contributed by atoms with Gasteiger partial charge in [0.1, 0.15) is 0 Å². The Kier molecular flexibility index (Phi) is 5.93. The van der Waals surface area contributed by atoms with E-state index in [4.69, 9.17) is 0 Å². The van der Waals surface area contributed by atoms with Crippen LogP contribution in [0.25, 0.3) is 17.5 Å². The maximum atomic E-state index is 13.4. The topological polar surface area (TPSA) is 68.0 Å². The third kappa shape index (κ3) is 3.67. The molecular formula is C25H35N5O. The third-order valence-corrected chi connectivity index (χ3v) is 7.00. The number of carbonyl (C=O) groups is 1. The number of allylic oxidation sites excluding steroid dienone is 2. The number of nitrogens with one attached hydrogen (secondary N) is 2. The zero-order chi connectivity index (χ0) is 22.2. The lowest BCUT2D eigenvalue weighted by molar-refractivity contribution is -0.133. The van der Waals surface area contributed by atoms with Crippen molar-refractivity contribution in [1.82, 2.24) is 25.0 Å². The van der Waals surface area contributed by atoms with Crippen LogP contribution in [0.15, 0.2) is 29.7 Å². The molecule has 1 aliphatic heterocycles. The molecule has 2 aliphatic rings. The van der Waals surface area contributed by atoms with Crippen LogP contribution in [0, 0.1) is 5.41 Å². The van der Waals surface area contributed by atoms with Crippen molar-refractivity contribution in [3.8, 4) is 11.4 Å². The van der Waals surface area contributed by atoms with Crippen LogP contribution in [-0.4, -0.2) is 57.1 Å². The maximum Gasteiger partial charge on any atom is 0.237 e. The zero-order valence-electron chi connectivity index (χ0n) is 19.5. The molecule has 2 N–H and O–H groups in total. The Morgan fingerprint density at radius 1 is 1.23 bits per heavy atom. The van der Waals surface area contributed by atoms with Gasteiger partial charge in [0.05, 0.1) is 23.0 Å². The number of H-pyrrole nitrogens is 2. The number of likely N-dealkylation sites (tertiary alicyclic amines) is 1. The molecule has 0 bridgehead atoms. The van der Waals surface area contributed by atoms with Crippen molar-refractivity contribution in [3.63, 3.8) is 0 Å². The minimum Gasteiger partial charge on any atom is -0.359 e. The van der Waals surface area contributed by atoms with Gasteiger partial charge in [-0.1, -0.05) is 19.9 Å². The molecule has 2 aromatic heterocycles. The normalized spacial score (nSPS) is 20.6. The largest absolute Gasteiger partial charge is 0.359 e. The van der Waals surface area contributed by atoms with Gasteiger partial charge in [-0.2, -0.15) is 5.10 Å². The number of carbonyl (C=O) groups excluding carboxylic acids is 1. The Bertz CT molecular complexity index is 1020. The maximum absolute atomic E-state index is 13.4. The van der Waals surface area contributed by atoms with Gasteiger partial charge >= 0.3 is 0 Å². The van der Waals surface area contributed by atoms with Crippen LogP contribution in [0.5, 0.6) is 0 Å². The first kappa shape index (κ1) is 21.6. The highest BCUT2D eigenvalue weighted by atomic mass is 16.2. The average Bonchev–Trinajstić information content (AvgIpc) is 3.38. The van der Waals surface area contributed by atoms with Crippen molar-refractivity contribution in [2.75, 3.05) is 26.2 Å². The van der Waals surface area contributed by atoms with Gasteiger partial charge < -0.3 is 14.8 Å². The molecule has 1 aliphatic carbocycles. The molecule has 1 fully saturated rings. The lowest BCUT2D eigenvalue weighted by Crippen LogP contribution is -2.37. The highest BCUT2D eigenvalue weighted by Gasteiger charge is 2.46. The van der Waals surface area contributed by atoms with Gasteiger partial charge in [-0.25, -0.2) is 0 Å². The summed E-state index contributed by atoms with van der Waals surface area (Å²) in [6.45, 7) is 14.1. The van der Waals surface area contributed by atoms with Crippen LogP contribution >= 0.6 is 0 Å². The van der Waals surface area contributed by atoms with Crippen LogP contribution in [0.3, 0.4) is 0 Å². The molecular weight excluding hydrogens is 386 g/mol. The fourth-order valence-electron chi connectivity index (χ4n) is 5.10. The first-order valence-electron chi connectivity index (χ1n) is 11.6. The predicted octanol–water partition coefficient (Wildman–Crippen LogP) is 4.39. The Balaban J connectivity index is 1.75. The molecule has 6 heteroatoms. The Hall–Kier alpha value is -2.60. The summed E-state index contributed by atoms with van der Waals surface area (Å²) < 4.78 is 0. The summed E-state index contributed by atoms with van der Waals surface area (Å²) in [7, 11) is 0. The van der Waals surface area contributed by atoms with Crippen molar-refractivity contribution in [3.05, 3.63) is 46.4 Å². The summed E-state index contributed by atoms with van der Waals surface area (Å²) in [6.07, 6.45) is 11.5. The van der Waals surface area contributed by atoms with Crippen molar-refractivity contribution in [1.29, 1.82) is 0 Å². The van der Waals surface area contributed by atoms with Gasteiger partial charge in [0.25, 0.3) is 0 Å². The number of amides is 1. The van der Waals surface area contributed by atoms with E-state index in [0.717, 1.165) is 61.6 Å². The van der Waals surface area contributed by atoms with Crippen molar-refractivity contribution < 1.29 is 4.79 Å². The Morgan fingerprint density at radius 2 is 2.00 bits per heavy atom. The van der Waals surface area contributed by atoms with Crippen LogP contribution in [-0.2, 0) is 17.6 Å². The molecule has 1 saturated heterocycles. The molecule has 0 spiro atoms. The summed E-state index contributed by atoms with van der Waals surface area (Å²) in [6, 6.07) is 0. The number of rotatable bonds is 6. The molecule has 1 amide bonds. The van der Waals surface area contributed by atoms with E-state index in [2.05, 4.69) is 52.3 Å². The van der Waals surface area contributed by atoms with E-state index in [0.29, 0.717) is 6.54 Å². The van der Waals surface area contributed by atoms with Crippen LogP contribution in [0.2, 0.25) is 0 Å². The van der Waals surface area contributed by atoms with Crippen LogP contribution in [0.4, 0.5) is 0 Å². The number of aryl methyl sites for hydroxylation is 1. The van der Waals surface area contributed by atoms with Gasteiger partial charge in [-0.15, -0.1) is 0 Å². The van der Waals surface area contributed by atoms with Gasteiger partial charge in [0.2, 0.25) is 5.91 Å². The first-order valence-corrected chi connectivity index (χ1v) is 11.6. The van der Waals surface area contributed by atoms with E-state index in [1.54, 1.807) is 0 Å². The molecule has 3 heterocycles. The number of hydrogen-bond acceptors (Lipinski definition) is 3. The molecule has 4 rings (SSSR count). The summed E-state index contributed by atoms with van der Waals surface area (Å²) in [5.74, 6) is 0.191. The summed E-state index contributed by atoms with van der Waals surface area (Å²) in [4.78, 5) is 21.3. The van der Waals surface area contributed by atoms with E-state index in [1.165, 1.54) is 16.7 Å². The fourth-order valence-corrected chi connectivity index (χ4v) is 5.10. The fraction of sp³-hybridized carbons (Fsp3) is 0.520. The molecule has 0 saturated carbocycles. The Labute approximate surface area is 185 Å². The Morgan fingerprint density at radius 3 is 2.71 bits per heavy atom. The second-order valence-electron chi connectivity index (χ2n) is 9.06. The van der Waals surface area contributed by atoms with E-state index < -0.39 is 5.41 Å². The van der Waals surface area contributed by atoms with Gasteiger partial charge in [-0.05, 0) is 81.5 Å². The number of fused-ring (bicyclic) bond motifs is 3. The van der Waals surface area contributed by atoms with Crippen molar-refractivity contribution in [2.45, 2.75) is 53.9 Å². The van der Waals surface area contributed by atoms with E-state index in [-0.39, 0.29) is 5.91 Å². The molecule has 2 aromatic rings. The smallest absolute Gasteiger partial charge is 0.237 e. The molecule has 0 radical (unpaired) electrons. The SMILES string of the molecule is C/C=C1\C(=C/c2c[nH]c3c2CCCc2cn[nH]c2-3)N(CCN(CC)CC)C(=O)C1(C)C. The molecule has 166 valence electrons. The molecule has 6 nitrogen and oxygen atoms in total. The summed E-state index contributed by atoms with van der Waals surface area (Å²) >= 11 is 0. The predicted molar refractivity (Wildman–Crippen MR) is 125 cm³/mol. The summed E-state index contributed by atoms with van der Waals surface area (Å²) in [5, 5.41) is 7.43. The summed E-state index contributed by atoms with van der Waals surface area (Å²) in [5.41, 5.74) is 7.64. The number of likely N-dealkylation sites (N-methyl/N-ethyl adjacent to an activating group) is 1. The third-order valence-electron chi connectivity index (χ3n) is 7.00. The first-order chi connectivity index (χ1) is 14.9. The second kappa shape index (κ2) is 8.50. The standard InChI is InChI=1S/C25H35N5O/c1-6-20-21(30(24(31)25(20,4)5)13-12-29(7-2)8-3)14-18-15-26-23-19(18)11-9-10-17-16-27-28-22(17)23/h6,14-16,26H,7-13H2,1-5H3,(H,27,28)/b20-6+,21-14+.